The number of nitrogens with zero attached hydrogens (tertiary/aromatic N) is 2. The van der Waals surface area contributed by atoms with Crippen LogP contribution in [0.2, 0.25) is 0 Å². The molecule has 0 aliphatic rings. The Labute approximate surface area is 321 Å². The summed E-state index contributed by atoms with van der Waals surface area (Å²) in [5.41, 5.74) is 15.2. The first-order valence-electron chi connectivity index (χ1n) is 18.9. The zero-order chi connectivity index (χ0) is 36.7. The Morgan fingerprint density at radius 2 is 1.04 bits per heavy atom. The maximum absolute atomic E-state index is 2.49. The number of aromatic nitrogens is 1. The minimum atomic E-state index is 1.09. The van der Waals surface area contributed by atoms with E-state index in [-0.39, 0.29) is 0 Å². The summed E-state index contributed by atoms with van der Waals surface area (Å²) in [5.74, 6) is 0. The highest BCUT2D eigenvalue weighted by Gasteiger charge is 2.24. The molecule has 1 aromatic heterocycles. The van der Waals surface area contributed by atoms with E-state index in [1.165, 1.54) is 60.4 Å². The van der Waals surface area contributed by atoms with Gasteiger partial charge in [-0.1, -0.05) is 164 Å². The van der Waals surface area contributed by atoms with Gasteiger partial charge in [-0.2, -0.15) is 0 Å². The van der Waals surface area contributed by atoms with Crippen LogP contribution in [0.15, 0.2) is 212 Å². The highest BCUT2D eigenvalue weighted by Crippen LogP contribution is 2.49. The van der Waals surface area contributed by atoms with Crippen molar-refractivity contribution in [2.45, 2.75) is 6.92 Å². The summed E-state index contributed by atoms with van der Waals surface area (Å²) in [7, 11) is 0. The van der Waals surface area contributed by atoms with Crippen LogP contribution in [0.25, 0.3) is 71.6 Å². The first kappa shape index (κ1) is 32.5. The molecule has 0 aliphatic carbocycles. The van der Waals surface area contributed by atoms with E-state index in [1.54, 1.807) is 0 Å². The van der Waals surface area contributed by atoms with E-state index in [0.29, 0.717) is 0 Å². The third-order valence-electron chi connectivity index (χ3n) is 10.9. The van der Waals surface area contributed by atoms with Gasteiger partial charge in [0.2, 0.25) is 0 Å². The van der Waals surface area contributed by atoms with Gasteiger partial charge in [0.05, 0.1) is 22.4 Å². The number of aryl methyl sites for hydroxylation is 1. The quantitative estimate of drug-likeness (QED) is 0.160. The third kappa shape index (κ3) is 5.67. The monoisotopic (exact) mass is 702 g/mol. The molecule has 260 valence electrons. The van der Waals surface area contributed by atoms with Crippen molar-refractivity contribution in [3.63, 3.8) is 0 Å². The zero-order valence-corrected chi connectivity index (χ0v) is 30.6. The summed E-state index contributed by atoms with van der Waals surface area (Å²) in [6.07, 6.45) is 0. The summed E-state index contributed by atoms with van der Waals surface area (Å²) in [4.78, 5) is 2.49. The van der Waals surface area contributed by atoms with Gasteiger partial charge >= 0.3 is 0 Å². The summed E-state index contributed by atoms with van der Waals surface area (Å²) in [6, 6.07) is 77.1. The molecule has 0 N–H and O–H groups in total. The lowest BCUT2D eigenvalue weighted by molar-refractivity contribution is 1.18. The molecular weight excluding hydrogens is 665 g/mol. The molecule has 0 fully saturated rings. The van der Waals surface area contributed by atoms with Crippen LogP contribution in [-0.4, -0.2) is 4.57 Å². The second kappa shape index (κ2) is 13.7. The van der Waals surface area contributed by atoms with Gasteiger partial charge < -0.3 is 9.47 Å². The highest BCUT2D eigenvalue weighted by atomic mass is 15.1. The van der Waals surface area contributed by atoms with Gasteiger partial charge in [-0.25, -0.2) is 0 Å². The fourth-order valence-corrected chi connectivity index (χ4v) is 8.38. The summed E-state index contributed by atoms with van der Waals surface area (Å²) < 4.78 is 2.43. The number of fused-ring (bicyclic) bond motifs is 4. The van der Waals surface area contributed by atoms with E-state index < -0.39 is 0 Å². The maximum Gasteiger partial charge on any atom is 0.0562 e. The lowest BCUT2D eigenvalue weighted by Gasteiger charge is -2.31. The van der Waals surface area contributed by atoms with Crippen molar-refractivity contribution >= 4 is 49.6 Å². The van der Waals surface area contributed by atoms with E-state index in [4.69, 9.17) is 0 Å². The number of benzene rings is 9. The Kier molecular flexibility index (Phi) is 8.08. The molecule has 0 bridgehead atoms. The molecule has 1 heterocycles. The average Bonchev–Trinajstić information content (AvgIpc) is 3.60. The molecule has 0 radical (unpaired) electrons. The number of hydrogen-bond donors (Lipinski definition) is 0. The van der Waals surface area contributed by atoms with Gasteiger partial charge in [-0.05, 0) is 94.0 Å². The fourth-order valence-electron chi connectivity index (χ4n) is 8.38. The molecule has 0 spiro atoms. The van der Waals surface area contributed by atoms with Crippen LogP contribution in [0.1, 0.15) is 5.56 Å². The van der Waals surface area contributed by atoms with Gasteiger partial charge in [0, 0.05) is 33.3 Å². The molecule has 0 amide bonds. The van der Waals surface area contributed by atoms with Crippen molar-refractivity contribution in [1.82, 2.24) is 4.57 Å². The predicted molar refractivity (Wildman–Crippen MR) is 234 cm³/mol. The Morgan fingerprint density at radius 3 is 1.78 bits per heavy atom. The molecule has 0 saturated heterocycles. The van der Waals surface area contributed by atoms with Gasteiger partial charge in [-0.3, -0.25) is 0 Å². The van der Waals surface area contributed by atoms with Crippen molar-refractivity contribution in [2.75, 3.05) is 4.90 Å². The van der Waals surface area contributed by atoms with E-state index in [1.807, 2.05) is 0 Å². The van der Waals surface area contributed by atoms with Crippen LogP contribution in [0.3, 0.4) is 0 Å². The van der Waals surface area contributed by atoms with Gasteiger partial charge in [-0.15, -0.1) is 0 Å². The van der Waals surface area contributed by atoms with E-state index in [2.05, 4.69) is 229 Å². The zero-order valence-electron chi connectivity index (χ0n) is 30.6. The van der Waals surface area contributed by atoms with Crippen LogP contribution >= 0.6 is 0 Å². The molecule has 55 heavy (non-hydrogen) atoms. The number of rotatable bonds is 7. The normalized spacial score (nSPS) is 11.4. The second-order valence-corrected chi connectivity index (χ2v) is 14.2. The molecule has 0 aliphatic heterocycles. The first-order chi connectivity index (χ1) is 27.2. The minimum absolute atomic E-state index is 1.09. The molecule has 0 saturated carbocycles. The SMILES string of the molecule is Cc1cccc2c1c1ccc(N(c3ccc(-c4ccccc4)cc3-c3ccccc3)c3ccc4ccccc4c3-c3ccccc3)cc1n2-c1ccccc1. The van der Waals surface area contributed by atoms with Gasteiger partial charge in [0.25, 0.3) is 0 Å². The average molecular weight is 703 g/mol. The minimum Gasteiger partial charge on any atom is -0.309 e. The first-order valence-corrected chi connectivity index (χ1v) is 18.9. The molecular formula is C53H38N2. The Balaban J connectivity index is 1.32. The molecule has 0 unspecified atom stereocenters. The van der Waals surface area contributed by atoms with Crippen molar-refractivity contribution in [3.05, 3.63) is 218 Å². The van der Waals surface area contributed by atoms with Crippen molar-refractivity contribution in [2.24, 2.45) is 0 Å². The Hall–Kier alpha value is -7.16. The molecule has 10 aromatic rings. The molecule has 2 nitrogen and oxygen atoms in total. The molecule has 9 aromatic carbocycles. The van der Waals surface area contributed by atoms with Crippen molar-refractivity contribution < 1.29 is 0 Å². The van der Waals surface area contributed by atoms with Crippen LogP contribution in [0.5, 0.6) is 0 Å². The number of anilines is 3. The molecule has 0 atom stereocenters. The van der Waals surface area contributed by atoms with Crippen LogP contribution in [0, 0.1) is 6.92 Å². The van der Waals surface area contributed by atoms with E-state index in [9.17, 15) is 0 Å². The lowest BCUT2D eigenvalue weighted by atomic mass is 9.93. The highest BCUT2D eigenvalue weighted by molar-refractivity contribution is 6.13. The number of para-hydroxylation sites is 1. The largest absolute Gasteiger partial charge is 0.309 e. The third-order valence-corrected chi connectivity index (χ3v) is 10.9. The summed E-state index contributed by atoms with van der Waals surface area (Å²) >= 11 is 0. The lowest BCUT2D eigenvalue weighted by Crippen LogP contribution is -2.13. The number of hydrogen-bond acceptors (Lipinski definition) is 1. The van der Waals surface area contributed by atoms with Gasteiger partial charge in [0.1, 0.15) is 0 Å². The second-order valence-electron chi connectivity index (χ2n) is 14.2. The van der Waals surface area contributed by atoms with Crippen LogP contribution in [-0.2, 0) is 0 Å². The fraction of sp³-hybridized carbons (Fsp3) is 0.0189. The van der Waals surface area contributed by atoms with E-state index in [0.717, 1.165) is 33.9 Å². The Bertz CT molecular complexity index is 2960. The van der Waals surface area contributed by atoms with Crippen LogP contribution in [0.4, 0.5) is 17.1 Å². The standard InChI is InChI=1S/C53H38N2/c1-37-17-16-28-49-52(37)46-32-31-44(36-51(46)54(49)43-25-12-5-13-26-43)55(50-34-29-40-22-14-15-27-45(40)53(50)41-23-10-4-11-24-41)48-33-30-42(38-18-6-2-7-19-38)35-47(48)39-20-8-3-9-21-39/h2-36H,1H3. The molecule has 10 rings (SSSR count). The Morgan fingerprint density at radius 1 is 0.400 bits per heavy atom. The van der Waals surface area contributed by atoms with Crippen molar-refractivity contribution in [1.29, 1.82) is 0 Å². The van der Waals surface area contributed by atoms with E-state index >= 15 is 0 Å². The summed E-state index contributed by atoms with van der Waals surface area (Å²) in [6.45, 7) is 2.22. The van der Waals surface area contributed by atoms with Crippen molar-refractivity contribution in [3.8, 4) is 39.1 Å². The molecule has 2 heteroatoms. The smallest absolute Gasteiger partial charge is 0.0562 e. The van der Waals surface area contributed by atoms with Crippen LogP contribution < -0.4 is 4.90 Å². The summed E-state index contributed by atoms with van der Waals surface area (Å²) in [5, 5.41) is 4.95. The topological polar surface area (TPSA) is 8.17 Å². The maximum atomic E-state index is 2.49. The predicted octanol–water partition coefficient (Wildman–Crippen LogP) is 14.7. The van der Waals surface area contributed by atoms with Gasteiger partial charge in [0.15, 0.2) is 0 Å².